The SMILES string of the molecule is O=C(c1ccc(F)c2cccnc12)N1CC2CC1(c1ncc[nH]1)C2. The Morgan fingerprint density at radius 1 is 1.25 bits per heavy atom. The summed E-state index contributed by atoms with van der Waals surface area (Å²) in [4.78, 5) is 26.9. The molecule has 6 heteroatoms. The summed E-state index contributed by atoms with van der Waals surface area (Å²) in [5.74, 6) is 0.888. The minimum absolute atomic E-state index is 0.102. The zero-order valence-electron chi connectivity index (χ0n) is 12.9. The number of carbonyl (C=O) groups is 1. The molecule has 6 rings (SSSR count). The number of rotatable bonds is 2. The smallest absolute Gasteiger partial charge is 0.256 e. The third-order valence-electron chi connectivity index (χ3n) is 5.34. The van der Waals surface area contributed by atoms with Gasteiger partial charge in [-0.15, -0.1) is 0 Å². The van der Waals surface area contributed by atoms with Crippen molar-refractivity contribution in [1.29, 1.82) is 0 Å². The molecule has 0 spiro atoms. The molecule has 5 nitrogen and oxygen atoms in total. The summed E-state index contributed by atoms with van der Waals surface area (Å²) in [6.45, 7) is 0.714. The predicted molar refractivity (Wildman–Crippen MR) is 85.7 cm³/mol. The molecule has 0 atom stereocenters. The van der Waals surface area contributed by atoms with Gasteiger partial charge >= 0.3 is 0 Å². The van der Waals surface area contributed by atoms with Crippen LogP contribution in [0.15, 0.2) is 42.9 Å². The Kier molecular flexibility index (Phi) is 2.63. The molecule has 1 amide bonds. The lowest BCUT2D eigenvalue weighted by Crippen LogP contribution is -2.46. The second-order valence-electron chi connectivity index (χ2n) is 6.65. The number of benzene rings is 1. The zero-order valence-corrected chi connectivity index (χ0v) is 12.9. The van der Waals surface area contributed by atoms with Gasteiger partial charge in [-0.3, -0.25) is 9.78 Å². The number of hydrogen-bond donors (Lipinski definition) is 1. The molecule has 1 N–H and O–H groups in total. The molecule has 1 saturated carbocycles. The number of aromatic nitrogens is 3. The maximum Gasteiger partial charge on any atom is 0.256 e. The van der Waals surface area contributed by atoms with E-state index in [1.54, 1.807) is 36.8 Å². The molecule has 3 aromatic rings. The van der Waals surface area contributed by atoms with Gasteiger partial charge in [0.05, 0.1) is 11.1 Å². The van der Waals surface area contributed by atoms with Crippen LogP contribution in [0.25, 0.3) is 10.9 Å². The first-order valence-electron chi connectivity index (χ1n) is 8.04. The van der Waals surface area contributed by atoms with Crippen molar-refractivity contribution < 1.29 is 9.18 Å². The first kappa shape index (κ1) is 13.7. The van der Waals surface area contributed by atoms with Crippen molar-refractivity contribution in [3.05, 3.63) is 60.1 Å². The van der Waals surface area contributed by atoms with Crippen molar-refractivity contribution in [2.45, 2.75) is 18.4 Å². The molecule has 0 radical (unpaired) electrons. The quantitative estimate of drug-likeness (QED) is 0.789. The van der Waals surface area contributed by atoms with E-state index in [9.17, 15) is 9.18 Å². The Morgan fingerprint density at radius 3 is 2.92 bits per heavy atom. The van der Waals surface area contributed by atoms with Gasteiger partial charge in [-0.1, -0.05) is 0 Å². The first-order valence-corrected chi connectivity index (χ1v) is 8.04. The van der Waals surface area contributed by atoms with Gasteiger partial charge in [-0.25, -0.2) is 9.37 Å². The van der Waals surface area contributed by atoms with E-state index in [1.807, 2.05) is 4.90 Å². The van der Waals surface area contributed by atoms with Gasteiger partial charge in [0.25, 0.3) is 5.91 Å². The Bertz CT molecular complexity index is 947. The summed E-state index contributed by atoms with van der Waals surface area (Å²) in [5.41, 5.74) is 0.521. The molecule has 1 aliphatic carbocycles. The Morgan fingerprint density at radius 2 is 2.12 bits per heavy atom. The van der Waals surface area contributed by atoms with Crippen molar-refractivity contribution in [3.8, 4) is 0 Å². The number of amides is 1. The van der Waals surface area contributed by atoms with Crippen LogP contribution in [0.2, 0.25) is 0 Å². The minimum Gasteiger partial charge on any atom is -0.347 e. The summed E-state index contributed by atoms with van der Waals surface area (Å²) >= 11 is 0. The van der Waals surface area contributed by atoms with Crippen molar-refractivity contribution in [1.82, 2.24) is 19.9 Å². The zero-order chi connectivity index (χ0) is 16.3. The molecule has 2 bridgehead atoms. The van der Waals surface area contributed by atoms with Crippen molar-refractivity contribution >= 4 is 16.8 Å². The van der Waals surface area contributed by atoms with Gasteiger partial charge in [0.2, 0.25) is 0 Å². The molecule has 3 fully saturated rings. The fraction of sp³-hybridized carbons (Fsp3) is 0.278. The fourth-order valence-corrected chi connectivity index (χ4v) is 4.25. The van der Waals surface area contributed by atoms with Gasteiger partial charge in [-0.2, -0.15) is 0 Å². The largest absolute Gasteiger partial charge is 0.347 e. The Balaban J connectivity index is 1.62. The molecule has 0 unspecified atom stereocenters. The van der Waals surface area contributed by atoms with Crippen LogP contribution in [-0.4, -0.2) is 32.3 Å². The van der Waals surface area contributed by atoms with Crippen LogP contribution in [0.1, 0.15) is 29.0 Å². The molecule has 4 heterocycles. The summed E-state index contributed by atoms with van der Waals surface area (Å²) in [5, 5.41) is 0.377. The van der Waals surface area contributed by atoms with Crippen LogP contribution in [0, 0.1) is 11.7 Å². The average Bonchev–Trinajstić information content (AvgIpc) is 3.28. The van der Waals surface area contributed by atoms with Crippen LogP contribution >= 0.6 is 0 Å². The lowest BCUT2D eigenvalue weighted by Gasteiger charge is -2.40. The second kappa shape index (κ2) is 4.63. The number of imidazole rings is 1. The van der Waals surface area contributed by atoms with Gasteiger partial charge in [0.15, 0.2) is 0 Å². The summed E-state index contributed by atoms with van der Waals surface area (Å²) in [7, 11) is 0. The molecule has 120 valence electrons. The standard InChI is InChI=1S/C18H15FN4O/c19-14-4-3-13(15-12(14)2-1-5-20-15)16(24)23-10-11-8-18(23,9-11)17-21-6-7-22-17/h1-7,11H,8-10H2,(H,21,22). The van der Waals surface area contributed by atoms with E-state index in [1.165, 1.54) is 6.07 Å². The fourth-order valence-electron chi connectivity index (χ4n) is 4.25. The third-order valence-corrected chi connectivity index (χ3v) is 5.34. The van der Waals surface area contributed by atoms with Gasteiger partial charge < -0.3 is 9.88 Å². The molecular formula is C18H15FN4O. The van der Waals surface area contributed by atoms with Gasteiger partial charge in [0, 0.05) is 30.5 Å². The van der Waals surface area contributed by atoms with E-state index in [0.717, 1.165) is 18.7 Å². The highest BCUT2D eigenvalue weighted by Crippen LogP contribution is 2.56. The number of pyridine rings is 1. The highest BCUT2D eigenvalue weighted by Gasteiger charge is 2.60. The lowest BCUT2D eigenvalue weighted by molar-refractivity contribution is 0.0530. The first-order chi connectivity index (χ1) is 11.7. The van der Waals surface area contributed by atoms with E-state index in [0.29, 0.717) is 28.9 Å². The number of aromatic amines is 1. The molecular weight excluding hydrogens is 307 g/mol. The minimum atomic E-state index is -0.360. The van der Waals surface area contributed by atoms with Crippen LogP contribution < -0.4 is 0 Å². The van der Waals surface area contributed by atoms with E-state index in [2.05, 4.69) is 15.0 Å². The van der Waals surface area contributed by atoms with Crippen LogP contribution in [-0.2, 0) is 5.54 Å². The molecule has 3 aliphatic rings. The molecule has 2 aromatic heterocycles. The molecule has 1 aromatic carbocycles. The van der Waals surface area contributed by atoms with Crippen molar-refractivity contribution in [2.24, 2.45) is 5.92 Å². The van der Waals surface area contributed by atoms with E-state index in [4.69, 9.17) is 0 Å². The van der Waals surface area contributed by atoms with E-state index in [-0.39, 0.29) is 17.3 Å². The average molecular weight is 322 g/mol. The van der Waals surface area contributed by atoms with Crippen molar-refractivity contribution in [2.75, 3.05) is 6.54 Å². The summed E-state index contributed by atoms with van der Waals surface area (Å²) in [6, 6.07) is 6.22. The predicted octanol–water partition coefficient (Wildman–Crippen LogP) is 2.86. The molecule has 2 aliphatic heterocycles. The Hall–Kier alpha value is -2.76. The topological polar surface area (TPSA) is 61.9 Å². The highest BCUT2D eigenvalue weighted by atomic mass is 19.1. The monoisotopic (exact) mass is 322 g/mol. The maximum absolute atomic E-state index is 14.0. The number of halogens is 1. The normalized spacial score (nSPS) is 25.0. The summed E-state index contributed by atoms with van der Waals surface area (Å²) in [6.07, 6.45) is 6.95. The van der Waals surface area contributed by atoms with Gasteiger partial charge in [-0.05, 0) is 43.0 Å². The number of H-pyrrole nitrogens is 1. The van der Waals surface area contributed by atoms with E-state index >= 15 is 0 Å². The van der Waals surface area contributed by atoms with Crippen LogP contribution in [0.4, 0.5) is 4.39 Å². The second-order valence-corrected chi connectivity index (χ2v) is 6.65. The molecule has 24 heavy (non-hydrogen) atoms. The number of carbonyl (C=O) groups excluding carboxylic acids is 1. The molecule has 2 saturated heterocycles. The third kappa shape index (κ3) is 1.65. The lowest BCUT2D eigenvalue weighted by atomic mass is 9.72. The van der Waals surface area contributed by atoms with Crippen molar-refractivity contribution in [3.63, 3.8) is 0 Å². The number of nitrogens with zero attached hydrogens (tertiary/aromatic N) is 3. The number of hydrogen-bond acceptors (Lipinski definition) is 3. The van der Waals surface area contributed by atoms with Crippen LogP contribution in [0.5, 0.6) is 0 Å². The number of nitrogens with one attached hydrogen (secondary N) is 1. The van der Waals surface area contributed by atoms with Crippen LogP contribution in [0.3, 0.4) is 0 Å². The highest BCUT2D eigenvalue weighted by molar-refractivity contribution is 6.06. The maximum atomic E-state index is 14.0. The Labute approximate surface area is 137 Å². The van der Waals surface area contributed by atoms with Gasteiger partial charge in [0.1, 0.15) is 17.2 Å². The summed E-state index contributed by atoms with van der Waals surface area (Å²) < 4.78 is 14.0. The number of fused-ring (bicyclic) bond motifs is 2. The van der Waals surface area contributed by atoms with E-state index < -0.39 is 0 Å².